The lowest BCUT2D eigenvalue weighted by Gasteiger charge is -2.07. The van der Waals surface area contributed by atoms with E-state index in [0.717, 1.165) is 11.3 Å². The summed E-state index contributed by atoms with van der Waals surface area (Å²) in [7, 11) is 1.60. The highest BCUT2D eigenvalue weighted by atomic mass is 19.1. The Labute approximate surface area is 176 Å². The van der Waals surface area contributed by atoms with Gasteiger partial charge >= 0.3 is 5.97 Å². The summed E-state index contributed by atoms with van der Waals surface area (Å²) in [6, 6.07) is 18.0. The highest BCUT2D eigenvalue weighted by Crippen LogP contribution is 2.23. The van der Waals surface area contributed by atoms with Crippen molar-refractivity contribution < 1.29 is 23.5 Å². The molecule has 0 saturated heterocycles. The maximum Gasteiger partial charge on any atom is 0.338 e. The molecule has 156 valence electrons. The summed E-state index contributed by atoms with van der Waals surface area (Å²) >= 11 is 0. The van der Waals surface area contributed by atoms with Crippen LogP contribution >= 0.6 is 0 Å². The Hall–Kier alpha value is -4.20. The maximum absolute atomic E-state index is 13.6. The lowest BCUT2D eigenvalue weighted by Crippen LogP contribution is -2.21. The minimum Gasteiger partial charge on any atom is -0.497 e. The third-order valence-corrected chi connectivity index (χ3v) is 4.56. The molecule has 4 aromatic rings. The molecule has 0 aliphatic carbocycles. The molecule has 1 amide bonds. The first-order chi connectivity index (χ1) is 15.0. The second kappa shape index (κ2) is 8.66. The van der Waals surface area contributed by atoms with Crippen LogP contribution in [0.3, 0.4) is 0 Å². The van der Waals surface area contributed by atoms with Crippen LogP contribution in [-0.2, 0) is 9.53 Å². The van der Waals surface area contributed by atoms with Crippen molar-refractivity contribution in [1.82, 2.24) is 9.97 Å². The van der Waals surface area contributed by atoms with E-state index in [1.165, 1.54) is 18.2 Å². The Kier molecular flexibility index (Phi) is 5.61. The molecule has 7 nitrogen and oxygen atoms in total. The van der Waals surface area contributed by atoms with Crippen LogP contribution in [-0.4, -0.2) is 35.6 Å². The van der Waals surface area contributed by atoms with Crippen LogP contribution in [0.25, 0.3) is 22.4 Å². The monoisotopic (exact) mass is 419 g/mol. The number of esters is 1. The van der Waals surface area contributed by atoms with E-state index in [4.69, 9.17) is 9.47 Å². The zero-order valence-corrected chi connectivity index (χ0v) is 16.5. The first kappa shape index (κ1) is 20.1. The van der Waals surface area contributed by atoms with Gasteiger partial charge in [0.15, 0.2) is 6.61 Å². The number of hydrogen-bond donors (Lipinski definition) is 2. The van der Waals surface area contributed by atoms with Crippen LogP contribution in [0.2, 0.25) is 0 Å². The summed E-state index contributed by atoms with van der Waals surface area (Å²) in [5.41, 5.74) is 2.48. The number of aromatic amines is 1. The average Bonchev–Trinajstić information content (AvgIpc) is 3.22. The molecule has 0 atom stereocenters. The molecule has 8 heteroatoms. The maximum atomic E-state index is 13.6. The van der Waals surface area contributed by atoms with Crippen LogP contribution < -0.4 is 10.1 Å². The first-order valence-corrected chi connectivity index (χ1v) is 9.39. The number of aromatic nitrogens is 2. The molecule has 3 aromatic carbocycles. The van der Waals surface area contributed by atoms with Crippen LogP contribution in [0.5, 0.6) is 5.75 Å². The van der Waals surface area contributed by atoms with Gasteiger partial charge in [-0.05, 0) is 54.6 Å². The third-order valence-electron chi connectivity index (χ3n) is 4.56. The molecule has 0 bridgehead atoms. The number of imidazole rings is 1. The Morgan fingerprint density at radius 1 is 1.06 bits per heavy atom. The van der Waals surface area contributed by atoms with Crippen molar-refractivity contribution >= 4 is 28.6 Å². The summed E-state index contributed by atoms with van der Waals surface area (Å²) in [6.45, 7) is -0.536. The van der Waals surface area contributed by atoms with Gasteiger partial charge in [-0.1, -0.05) is 12.1 Å². The smallest absolute Gasteiger partial charge is 0.338 e. The molecule has 0 radical (unpaired) electrons. The van der Waals surface area contributed by atoms with E-state index in [9.17, 15) is 14.0 Å². The van der Waals surface area contributed by atoms with E-state index in [0.29, 0.717) is 16.9 Å². The summed E-state index contributed by atoms with van der Waals surface area (Å²) in [5.74, 6) is -0.495. The van der Waals surface area contributed by atoms with Crippen LogP contribution in [0.15, 0.2) is 66.7 Å². The lowest BCUT2D eigenvalue weighted by molar-refractivity contribution is -0.119. The molecule has 0 aliphatic heterocycles. The average molecular weight is 419 g/mol. The molecule has 1 aromatic heterocycles. The molecule has 2 N–H and O–H groups in total. The number of carbonyl (C=O) groups is 2. The van der Waals surface area contributed by atoms with Crippen molar-refractivity contribution in [2.75, 3.05) is 19.0 Å². The number of anilines is 1. The highest BCUT2D eigenvalue weighted by molar-refractivity contribution is 5.97. The van der Waals surface area contributed by atoms with Gasteiger partial charge in [-0.15, -0.1) is 0 Å². The zero-order chi connectivity index (χ0) is 21.8. The van der Waals surface area contributed by atoms with Gasteiger partial charge in [-0.25, -0.2) is 14.2 Å². The van der Waals surface area contributed by atoms with Gasteiger partial charge in [0.2, 0.25) is 0 Å². The molecular formula is C23H18FN3O4. The van der Waals surface area contributed by atoms with E-state index in [2.05, 4.69) is 15.3 Å². The number of carbonyl (C=O) groups excluding carboxylic acids is 2. The van der Waals surface area contributed by atoms with E-state index in [-0.39, 0.29) is 11.3 Å². The molecule has 0 spiro atoms. The second-order valence-corrected chi connectivity index (χ2v) is 6.65. The van der Waals surface area contributed by atoms with Crippen molar-refractivity contribution in [3.8, 4) is 17.1 Å². The molecule has 0 saturated carbocycles. The number of nitrogens with one attached hydrogen (secondary N) is 2. The van der Waals surface area contributed by atoms with Crippen molar-refractivity contribution in [3.63, 3.8) is 0 Å². The number of para-hydroxylation sites is 1. The van der Waals surface area contributed by atoms with Gasteiger partial charge in [0.25, 0.3) is 5.91 Å². The quantitative estimate of drug-likeness (QED) is 0.458. The van der Waals surface area contributed by atoms with Gasteiger partial charge in [-0.3, -0.25) is 4.79 Å². The Morgan fingerprint density at radius 2 is 1.84 bits per heavy atom. The lowest BCUT2D eigenvalue weighted by atomic mass is 10.2. The van der Waals surface area contributed by atoms with Crippen molar-refractivity contribution in [3.05, 3.63) is 78.1 Å². The van der Waals surface area contributed by atoms with Crippen molar-refractivity contribution in [2.24, 2.45) is 0 Å². The van der Waals surface area contributed by atoms with Crippen LogP contribution in [0.4, 0.5) is 10.1 Å². The standard InChI is InChI=1S/C23H18FN3O4/c1-30-16-9-6-14(7-10-16)22-26-19-11-8-15(12-20(19)27-22)23(29)31-13-21(28)25-18-5-3-2-4-17(18)24/h2-12H,13H2,1H3,(H,25,28)(H,26,27). The van der Waals surface area contributed by atoms with Crippen LogP contribution in [0, 0.1) is 5.82 Å². The third kappa shape index (κ3) is 4.53. The molecule has 0 aliphatic rings. The Morgan fingerprint density at radius 3 is 2.58 bits per heavy atom. The Bertz CT molecular complexity index is 1250. The summed E-state index contributed by atoms with van der Waals surface area (Å²) in [5, 5.41) is 2.36. The first-order valence-electron chi connectivity index (χ1n) is 9.39. The van der Waals surface area contributed by atoms with Gasteiger partial charge in [0.1, 0.15) is 17.4 Å². The number of rotatable bonds is 6. The number of benzene rings is 3. The van der Waals surface area contributed by atoms with E-state index >= 15 is 0 Å². The number of ether oxygens (including phenoxy) is 2. The molecule has 1 heterocycles. The number of fused-ring (bicyclic) bond motifs is 1. The summed E-state index contributed by atoms with van der Waals surface area (Å²) in [4.78, 5) is 32.0. The second-order valence-electron chi connectivity index (χ2n) is 6.65. The largest absolute Gasteiger partial charge is 0.497 e. The van der Waals surface area contributed by atoms with E-state index in [1.807, 2.05) is 24.3 Å². The number of hydrogen-bond acceptors (Lipinski definition) is 5. The topological polar surface area (TPSA) is 93.3 Å². The summed E-state index contributed by atoms with van der Waals surface area (Å²) < 4.78 is 23.8. The number of halogens is 1. The fraction of sp³-hybridized carbons (Fsp3) is 0.0870. The molecule has 4 rings (SSSR count). The fourth-order valence-corrected chi connectivity index (χ4v) is 2.99. The predicted octanol–water partition coefficient (Wildman–Crippen LogP) is 4.17. The molecule has 31 heavy (non-hydrogen) atoms. The minimum absolute atomic E-state index is 0.0217. The van der Waals surface area contributed by atoms with Gasteiger partial charge in [0, 0.05) is 5.56 Å². The number of amides is 1. The van der Waals surface area contributed by atoms with E-state index < -0.39 is 24.3 Å². The normalized spacial score (nSPS) is 10.6. The number of nitrogens with zero attached hydrogens (tertiary/aromatic N) is 1. The van der Waals surface area contributed by atoms with Gasteiger partial charge in [0.05, 0.1) is 29.4 Å². The number of H-pyrrole nitrogens is 1. The Balaban J connectivity index is 1.43. The molecular weight excluding hydrogens is 401 g/mol. The minimum atomic E-state index is -0.675. The summed E-state index contributed by atoms with van der Waals surface area (Å²) in [6.07, 6.45) is 0. The molecule has 0 unspecified atom stereocenters. The highest BCUT2D eigenvalue weighted by Gasteiger charge is 2.14. The van der Waals surface area contributed by atoms with Crippen LogP contribution in [0.1, 0.15) is 10.4 Å². The van der Waals surface area contributed by atoms with Gasteiger partial charge in [-0.2, -0.15) is 0 Å². The van der Waals surface area contributed by atoms with E-state index in [1.54, 1.807) is 31.4 Å². The zero-order valence-electron chi connectivity index (χ0n) is 16.5. The SMILES string of the molecule is COc1ccc(-c2nc3ccc(C(=O)OCC(=O)Nc4ccccc4F)cc3[nH]2)cc1. The van der Waals surface area contributed by atoms with Crippen molar-refractivity contribution in [1.29, 1.82) is 0 Å². The number of methoxy groups -OCH3 is 1. The van der Waals surface area contributed by atoms with Crippen molar-refractivity contribution in [2.45, 2.75) is 0 Å². The predicted molar refractivity (Wildman–Crippen MR) is 113 cm³/mol. The fourth-order valence-electron chi connectivity index (χ4n) is 2.99. The van der Waals surface area contributed by atoms with Gasteiger partial charge < -0.3 is 19.8 Å². The molecule has 0 fully saturated rings.